The Morgan fingerprint density at radius 1 is 1.08 bits per heavy atom. The maximum absolute atomic E-state index is 12.5. The number of nitrogens with zero attached hydrogens (tertiary/aromatic N) is 2. The fourth-order valence-corrected chi connectivity index (χ4v) is 4.01. The van der Waals surface area contributed by atoms with Gasteiger partial charge in [0.2, 0.25) is 0 Å². The van der Waals surface area contributed by atoms with Crippen LogP contribution in [0.15, 0.2) is 84.0 Å². The van der Waals surface area contributed by atoms with E-state index in [2.05, 4.69) is 36.9 Å². The Balaban J connectivity index is 1.76. The molecule has 2 atom stereocenters. The Labute approximate surface area is 154 Å². The molecular formula is C23H22N2O. The molecule has 0 bridgehead atoms. The fourth-order valence-electron chi connectivity index (χ4n) is 4.01. The average molecular weight is 342 g/mol. The third kappa shape index (κ3) is 3.01. The molecule has 1 saturated carbocycles. The number of carbonyl (C=O) groups excluding carboxylic acids is 1. The van der Waals surface area contributed by atoms with Crippen molar-refractivity contribution in [2.24, 2.45) is 11.0 Å². The maximum Gasteiger partial charge on any atom is 0.266 e. The van der Waals surface area contributed by atoms with Crippen molar-refractivity contribution >= 4 is 17.7 Å². The summed E-state index contributed by atoms with van der Waals surface area (Å²) in [4.78, 5) is 12.5. The van der Waals surface area contributed by atoms with Crippen LogP contribution in [0.1, 0.15) is 36.4 Å². The van der Waals surface area contributed by atoms with E-state index in [1.807, 2.05) is 36.4 Å². The average Bonchev–Trinajstić information content (AvgIpc) is 3.09. The van der Waals surface area contributed by atoms with E-state index in [0.717, 1.165) is 30.5 Å². The number of allylic oxidation sites excluding steroid dienone is 1. The second kappa shape index (κ2) is 7.12. The zero-order valence-electron chi connectivity index (χ0n) is 14.7. The monoisotopic (exact) mass is 342 g/mol. The highest BCUT2D eigenvalue weighted by Crippen LogP contribution is 2.44. The van der Waals surface area contributed by atoms with Crippen LogP contribution in [0.2, 0.25) is 0 Å². The quantitative estimate of drug-likeness (QED) is 0.723. The van der Waals surface area contributed by atoms with Gasteiger partial charge in [0.1, 0.15) is 0 Å². The van der Waals surface area contributed by atoms with E-state index in [1.54, 1.807) is 5.01 Å². The highest BCUT2D eigenvalue weighted by molar-refractivity contribution is 6.08. The first kappa shape index (κ1) is 16.5. The van der Waals surface area contributed by atoms with E-state index < -0.39 is 0 Å². The maximum atomic E-state index is 12.5. The molecule has 0 radical (unpaired) electrons. The minimum Gasteiger partial charge on any atom is -0.268 e. The van der Waals surface area contributed by atoms with E-state index in [9.17, 15) is 4.79 Å². The summed E-state index contributed by atoms with van der Waals surface area (Å²) in [6.07, 6.45) is 6.74. The summed E-state index contributed by atoms with van der Waals surface area (Å²) in [5.74, 6) is 0.102. The van der Waals surface area contributed by atoms with E-state index in [4.69, 9.17) is 5.10 Å². The number of carbonyl (C=O) groups is 1. The topological polar surface area (TPSA) is 32.7 Å². The molecule has 0 N–H and O–H groups in total. The fraction of sp³-hybridized carbons (Fsp3) is 0.217. The van der Waals surface area contributed by atoms with Gasteiger partial charge in [-0.15, -0.1) is 0 Å². The highest BCUT2D eigenvalue weighted by Gasteiger charge is 2.42. The van der Waals surface area contributed by atoms with Gasteiger partial charge in [-0.05, 0) is 48.1 Å². The predicted octanol–water partition coefficient (Wildman–Crippen LogP) is 5.00. The number of hydrogen-bond donors (Lipinski definition) is 0. The van der Waals surface area contributed by atoms with Crippen LogP contribution in [0.5, 0.6) is 0 Å². The van der Waals surface area contributed by atoms with Gasteiger partial charge < -0.3 is 0 Å². The molecule has 1 heterocycles. The van der Waals surface area contributed by atoms with Crippen molar-refractivity contribution in [2.45, 2.75) is 25.3 Å². The second-order valence-electron chi connectivity index (χ2n) is 6.81. The number of fused-ring (bicyclic) bond motifs is 1. The smallest absolute Gasteiger partial charge is 0.266 e. The standard InChI is InChI=1S/C23H22N2O/c1-2-21(26)25-23(18-12-7-4-8-13-18)20-15-9-14-19(22(20)24-25)16-17-10-5-3-6-11-17/h2-8,10-13,16,20,23H,1,9,14-15H2/b19-16+. The van der Waals surface area contributed by atoms with Gasteiger partial charge in [-0.2, -0.15) is 5.10 Å². The predicted molar refractivity (Wildman–Crippen MR) is 105 cm³/mol. The Morgan fingerprint density at radius 3 is 2.46 bits per heavy atom. The SMILES string of the molecule is C=CC(=O)N1N=C2/C(=C/c3ccccc3)CCCC2C1c1ccccc1. The lowest BCUT2D eigenvalue weighted by Crippen LogP contribution is -2.30. The van der Waals surface area contributed by atoms with Crippen LogP contribution in [0, 0.1) is 5.92 Å². The van der Waals surface area contributed by atoms with Gasteiger partial charge in [-0.25, -0.2) is 5.01 Å². The van der Waals surface area contributed by atoms with Gasteiger partial charge in [0, 0.05) is 5.92 Å². The lowest BCUT2D eigenvalue weighted by molar-refractivity contribution is -0.128. The van der Waals surface area contributed by atoms with Crippen LogP contribution in [-0.2, 0) is 4.79 Å². The molecule has 0 spiro atoms. The van der Waals surface area contributed by atoms with Gasteiger partial charge in [0.25, 0.3) is 5.91 Å². The van der Waals surface area contributed by atoms with Gasteiger partial charge in [0.05, 0.1) is 11.8 Å². The summed E-state index contributed by atoms with van der Waals surface area (Å²) in [6, 6.07) is 20.5. The molecule has 1 fully saturated rings. The summed E-state index contributed by atoms with van der Waals surface area (Å²) < 4.78 is 0. The Kier molecular flexibility index (Phi) is 4.53. The Hall–Kier alpha value is -2.94. The largest absolute Gasteiger partial charge is 0.268 e. The molecule has 1 amide bonds. The van der Waals surface area contributed by atoms with Crippen LogP contribution < -0.4 is 0 Å². The molecule has 4 rings (SSSR count). The third-order valence-electron chi connectivity index (χ3n) is 5.18. The molecule has 2 unspecified atom stereocenters. The molecule has 2 aromatic carbocycles. The van der Waals surface area contributed by atoms with Crippen LogP contribution in [0.25, 0.3) is 6.08 Å². The van der Waals surface area contributed by atoms with Gasteiger partial charge in [-0.1, -0.05) is 67.2 Å². The van der Waals surface area contributed by atoms with E-state index >= 15 is 0 Å². The first-order valence-corrected chi connectivity index (χ1v) is 9.13. The molecule has 2 aromatic rings. The second-order valence-corrected chi connectivity index (χ2v) is 6.81. The molecule has 3 nitrogen and oxygen atoms in total. The van der Waals surface area contributed by atoms with Crippen molar-refractivity contribution in [1.82, 2.24) is 5.01 Å². The minimum absolute atomic E-state index is 0.0452. The summed E-state index contributed by atoms with van der Waals surface area (Å²) in [7, 11) is 0. The molecule has 1 aliphatic carbocycles. The molecule has 0 saturated heterocycles. The third-order valence-corrected chi connectivity index (χ3v) is 5.18. The van der Waals surface area contributed by atoms with Crippen molar-refractivity contribution in [1.29, 1.82) is 0 Å². The zero-order valence-corrected chi connectivity index (χ0v) is 14.7. The van der Waals surface area contributed by atoms with E-state index in [0.29, 0.717) is 0 Å². The Bertz CT molecular complexity index is 868. The summed E-state index contributed by atoms with van der Waals surface area (Å²) in [6.45, 7) is 3.66. The first-order chi connectivity index (χ1) is 12.8. The number of hydrazone groups is 1. The number of rotatable bonds is 3. The molecule has 0 aromatic heterocycles. The molecule has 2 aliphatic rings. The summed E-state index contributed by atoms with van der Waals surface area (Å²) in [5.41, 5.74) is 4.61. The van der Waals surface area contributed by atoms with Crippen molar-refractivity contribution < 1.29 is 4.79 Å². The van der Waals surface area contributed by atoms with Crippen LogP contribution in [-0.4, -0.2) is 16.6 Å². The summed E-state index contributed by atoms with van der Waals surface area (Å²) >= 11 is 0. The summed E-state index contributed by atoms with van der Waals surface area (Å²) in [5, 5.41) is 6.41. The van der Waals surface area contributed by atoms with Gasteiger partial charge in [-0.3, -0.25) is 4.79 Å². The first-order valence-electron chi connectivity index (χ1n) is 9.13. The van der Waals surface area contributed by atoms with Gasteiger partial charge in [0.15, 0.2) is 0 Å². The Morgan fingerprint density at radius 2 is 1.77 bits per heavy atom. The zero-order chi connectivity index (χ0) is 17.9. The van der Waals surface area contributed by atoms with Crippen LogP contribution >= 0.6 is 0 Å². The van der Waals surface area contributed by atoms with Crippen LogP contribution in [0.4, 0.5) is 0 Å². The lowest BCUT2D eigenvalue weighted by atomic mass is 9.77. The van der Waals surface area contributed by atoms with Crippen LogP contribution in [0.3, 0.4) is 0 Å². The normalized spacial score (nSPS) is 23.5. The van der Waals surface area contributed by atoms with E-state index in [-0.39, 0.29) is 17.9 Å². The van der Waals surface area contributed by atoms with Crippen molar-refractivity contribution in [3.8, 4) is 0 Å². The highest BCUT2D eigenvalue weighted by atomic mass is 16.2. The van der Waals surface area contributed by atoms with Gasteiger partial charge >= 0.3 is 0 Å². The van der Waals surface area contributed by atoms with Crippen molar-refractivity contribution in [3.05, 3.63) is 90.0 Å². The number of hydrogen-bond acceptors (Lipinski definition) is 2. The minimum atomic E-state index is -0.139. The van der Waals surface area contributed by atoms with E-state index in [1.165, 1.54) is 17.2 Å². The lowest BCUT2D eigenvalue weighted by Gasteiger charge is -2.29. The molecule has 130 valence electrons. The van der Waals surface area contributed by atoms with Crippen molar-refractivity contribution in [3.63, 3.8) is 0 Å². The molecule has 26 heavy (non-hydrogen) atoms. The molecular weight excluding hydrogens is 320 g/mol. The number of amides is 1. The number of benzene rings is 2. The molecule has 1 aliphatic heterocycles. The molecule has 3 heteroatoms. The van der Waals surface area contributed by atoms with Crippen molar-refractivity contribution in [2.75, 3.05) is 0 Å².